The number of nitrogens with two attached hydrogens (primary N) is 1. The first-order valence-electron chi connectivity index (χ1n) is 5.87. The summed E-state index contributed by atoms with van der Waals surface area (Å²) < 4.78 is 14.8. The lowest BCUT2D eigenvalue weighted by molar-refractivity contribution is 0.628. The number of halogens is 2. The van der Waals surface area contributed by atoms with Gasteiger partial charge in [-0.2, -0.15) is 5.10 Å². The Bertz CT molecular complexity index is 755. The van der Waals surface area contributed by atoms with Crippen LogP contribution in [0.4, 0.5) is 10.1 Å². The van der Waals surface area contributed by atoms with E-state index in [9.17, 15) is 4.39 Å². The Morgan fingerprint density at radius 1 is 1.20 bits per heavy atom. The smallest absolute Gasteiger partial charge is 0.153 e. The van der Waals surface area contributed by atoms with Crippen molar-refractivity contribution in [1.29, 1.82) is 0 Å². The van der Waals surface area contributed by atoms with Crippen molar-refractivity contribution >= 4 is 17.3 Å². The molecule has 1 aromatic carbocycles. The molecule has 0 aliphatic heterocycles. The zero-order valence-corrected chi connectivity index (χ0v) is 11.0. The molecule has 0 unspecified atom stereocenters. The van der Waals surface area contributed by atoms with Gasteiger partial charge in [0, 0.05) is 11.8 Å². The van der Waals surface area contributed by atoms with Crippen molar-refractivity contribution in [1.82, 2.24) is 14.8 Å². The second-order valence-electron chi connectivity index (χ2n) is 4.19. The monoisotopic (exact) mass is 288 g/mol. The lowest BCUT2D eigenvalue weighted by Gasteiger charge is -2.01. The number of benzene rings is 1. The molecule has 6 heteroatoms. The normalized spacial score (nSPS) is 10.7. The number of nitrogen functional groups attached to an aromatic ring is 1. The Kier molecular flexibility index (Phi) is 3.12. The van der Waals surface area contributed by atoms with Gasteiger partial charge in [0.2, 0.25) is 0 Å². The van der Waals surface area contributed by atoms with E-state index in [0.717, 1.165) is 0 Å². The molecule has 3 aromatic rings. The zero-order chi connectivity index (χ0) is 14.1. The Morgan fingerprint density at radius 2 is 2.05 bits per heavy atom. The van der Waals surface area contributed by atoms with Crippen molar-refractivity contribution in [2.75, 3.05) is 5.73 Å². The van der Waals surface area contributed by atoms with Gasteiger partial charge in [-0.3, -0.25) is 0 Å². The molecule has 2 aromatic heterocycles. The van der Waals surface area contributed by atoms with Gasteiger partial charge in [-0.1, -0.05) is 17.7 Å². The number of hydrogen-bond acceptors (Lipinski definition) is 3. The van der Waals surface area contributed by atoms with Gasteiger partial charge >= 0.3 is 0 Å². The summed E-state index contributed by atoms with van der Waals surface area (Å²) in [6, 6.07) is 9.86. The molecule has 0 spiro atoms. The summed E-state index contributed by atoms with van der Waals surface area (Å²) in [6.07, 6.45) is 3.33. The van der Waals surface area contributed by atoms with E-state index in [0.29, 0.717) is 22.8 Å². The Balaban J connectivity index is 2.07. The number of nitrogens with zero attached hydrogens (tertiary/aromatic N) is 3. The van der Waals surface area contributed by atoms with E-state index in [1.54, 1.807) is 23.1 Å². The number of anilines is 1. The predicted molar refractivity (Wildman–Crippen MR) is 76.2 cm³/mol. The van der Waals surface area contributed by atoms with E-state index >= 15 is 0 Å². The third kappa shape index (κ3) is 2.23. The van der Waals surface area contributed by atoms with Gasteiger partial charge in [0.05, 0.1) is 16.9 Å². The number of aromatic nitrogens is 3. The van der Waals surface area contributed by atoms with Crippen LogP contribution in [0.2, 0.25) is 5.02 Å². The van der Waals surface area contributed by atoms with E-state index in [2.05, 4.69) is 10.1 Å². The highest BCUT2D eigenvalue weighted by Gasteiger charge is 2.11. The van der Waals surface area contributed by atoms with Crippen LogP contribution in [-0.2, 0) is 0 Å². The van der Waals surface area contributed by atoms with Crippen molar-refractivity contribution in [3.63, 3.8) is 0 Å². The second-order valence-corrected chi connectivity index (χ2v) is 4.60. The molecule has 0 bridgehead atoms. The molecule has 20 heavy (non-hydrogen) atoms. The number of hydrogen-bond donors (Lipinski definition) is 1. The molecule has 0 atom stereocenters. The topological polar surface area (TPSA) is 56.7 Å². The standard InChI is InChI=1S/C14H10ClFN4/c15-10-7-9(4-5-11(10)16)14-12(17)8-20(19-14)13-3-1-2-6-18-13/h1-8H,17H2. The Hall–Kier alpha value is -2.40. The molecule has 3 rings (SSSR count). The van der Waals surface area contributed by atoms with Gasteiger partial charge in [-0.25, -0.2) is 14.1 Å². The Labute approximate surface area is 119 Å². The van der Waals surface area contributed by atoms with Crippen LogP contribution in [0, 0.1) is 5.82 Å². The van der Waals surface area contributed by atoms with Crippen LogP contribution in [0.25, 0.3) is 17.1 Å². The molecule has 2 heterocycles. The molecular weight excluding hydrogens is 279 g/mol. The van der Waals surface area contributed by atoms with Crippen LogP contribution < -0.4 is 5.73 Å². The van der Waals surface area contributed by atoms with Gasteiger partial charge in [0.1, 0.15) is 11.5 Å². The van der Waals surface area contributed by atoms with Gasteiger partial charge < -0.3 is 5.73 Å². The van der Waals surface area contributed by atoms with Crippen molar-refractivity contribution in [2.24, 2.45) is 0 Å². The summed E-state index contributed by atoms with van der Waals surface area (Å²) in [5.41, 5.74) is 7.62. The molecular formula is C14H10ClFN4. The van der Waals surface area contributed by atoms with Crippen LogP contribution >= 0.6 is 11.6 Å². The fourth-order valence-electron chi connectivity index (χ4n) is 1.86. The average Bonchev–Trinajstić information content (AvgIpc) is 2.85. The van der Waals surface area contributed by atoms with Crippen LogP contribution in [-0.4, -0.2) is 14.8 Å². The second kappa shape index (κ2) is 4.94. The van der Waals surface area contributed by atoms with Gasteiger partial charge in [-0.15, -0.1) is 0 Å². The third-order valence-corrected chi connectivity index (χ3v) is 3.11. The predicted octanol–water partition coefficient (Wildman–Crippen LogP) is 3.31. The minimum Gasteiger partial charge on any atom is -0.396 e. The van der Waals surface area contributed by atoms with E-state index < -0.39 is 5.82 Å². The first-order valence-corrected chi connectivity index (χ1v) is 6.25. The fraction of sp³-hybridized carbons (Fsp3) is 0. The third-order valence-electron chi connectivity index (χ3n) is 2.82. The van der Waals surface area contributed by atoms with Crippen LogP contribution in [0.1, 0.15) is 0 Å². The fourth-order valence-corrected chi connectivity index (χ4v) is 2.04. The van der Waals surface area contributed by atoms with E-state index in [4.69, 9.17) is 17.3 Å². The molecule has 0 amide bonds. The van der Waals surface area contributed by atoms with Crippen molar-refractivity contribution in [3.05, 3.63) is 59.6 Å². The molecule has 0 saturated carbocycles. The average molecular weight is 289 g/mol. The van der Waals surface area contributed by atoms with Gasteiger partial charge in [0.15, 0.2) is 5.82 Å². The van der Waals surface area contributed by atoms with E-state index in [1.165, 1.54) is 12.1 Å². The molecule has 0 aliphatic rings. The minimum atomic E-state index is -0.474. The number of rotatable bonds is 2. The molecule has 0 aliphatic carbocycles. The maximum absolute atomic E-state index is 13.2. The number of pyridine rings is 1. The highest BCUT2D eigenvalue weighted by atomic mass is 35.5. The molecule has 100 valence electrons. The van der Waals surface area contributed by atoms with Crippen molar-refractivity contribution < 1.29 is 4.39 Å². The van der Waals surface area contributed by atoms with Crippen molar-refractivity contribution in [2.45, 2.75) is 0 Å². The summed E-state index contributed by atoms with van der Waals surface area (Å²) in [6.45, 7) is 0. The summed E-state index contributed by atoms with van der Waals surface area (Å²) in [7, 11) is 0. The van der Waals surface area contributed by atoms with Crippen LogP contribution in [0.3, 0.4) is 0 Å². The first kappa shape index (κ1) is 12.6. The van der Waals surface area contributed by atoms with E-state index in [-0.39, 0.29) is 5.02 Å². The van der Waals surface area contributed by atoms with Crippen LogP contribution in [0.5, 0.6) is 0 Å². The summed E-state index contributed by atoms with van der Waals surface area (Å²) in [5, 5.41) is 4.41. The lowest BCUT2D eigenvalue weighted by Crippen LogP contribution is -1.97. The van der Waals surface area contributed by atoms with Crippen molar-refractivity contribution in [3.8, 4) is 17.1 Å². The molecule has 0 fully saturated rings. The van der Waals surface area contributed by atoms with Gasteiger partial charge in [0.25, 0.3) is 0 Å². The van der Waals surface area contributed by atoms with Crippen LogP contribution in [0.15, 0.2) is 48.8 Å². The van der Waals surface area contributed by atoms with E-state index in [1.807, 2.05) is 18.2 Å². The molecule has 0 saturated heterocycles. The minimum absolute atomic E-state index is 0.0364. The molecule has 2 N–H and O–H groups in total. The molecule has 0 radical (unpaired) electrons. The Morgan fingerprint density at radius 3 is 2.75 bits per heavy atom. The highest BCUT2D eigenvalue weighted by Crippen LogP contribution is 2.28. The quantitative estimate of drug-likeness (QED) is 0.787. The summed E-state index contributed by atoms with van der Waals surface area (Å²) >= 11 is 5.78. The summed E-state index contributed by atoms with van der Waals surface area (Å²) in [5.74, 6) is 0.178. The lowest BCUT2D eigenvalue weighted by atomic mass is 10.1. The maximum atomic E-state index is 13.2. The highest BCUT2D eigenvalue weighted by molar-refractivity contribution is 6.31. The SMILES string of the molecule is Nc1cn(-c2ccccn2)nc1-c1ccc(F)c(Cl)c1. The van der Waals surface area contributed by atoms with Gasteiger partial charge in [-0.05, 0) is 30.3 Å². The zero-order valence-electron chi connectivity index (χ0n) is 10.3. The summed E-state index contributed by atoms with van der Waals surface area (Å²) in [4.78, 5) is 4.19. The first-order chi connectivity index (χ1) is 9.65. The maximum Gasteiger partial charge on any atom is 0.153 e. The molecule has 4 nitrogen and oxygen atoms in total. The largest absolute Gasteiger partial charge is 0.396 e.